The van der Waals surface area contributed by atoms with Crippen LogP contribution in [0.2, 0.25) is 28.2 Å². The molecule has 0 unspecified atom stereocenters. The molecule has 0 radical (unpaired) electrons. The summed E-state index contributed by atoms with van der Waals surface area (Å²) >= 11 is 0. The fourth-order valence-electron chi connectivity index (χ4n) is 5.71. The summed E-state index contributed by atoms with van der Waals surface area (Å²) < 4.78 is 29.5. The number of imidazole rings is 1. The highest BCUT2D eigenvalue weighted by Crippen LogP contribution is 2.56. The molecule has 2 aliphatic heterocycles. The van der Waals surface area contributed by atoms with E-state index >= 15 is 0 Å². The number of rotatable bonds is 6. The molecule has 12 heteroatoms. The average Bonchev–Trinajstić information content (AvgIpc) is 3.36. The van der Waals surface area contributed by atoms with E-state index in [1.54, 1.807) is 6.33 Å². The monoisotopic (exact) mass is 580 g/mol. The van der Waals surface area contributed by atoms with Crippen molar-refractivity contribution in [2.24, 2.45) is 0 Å². The quantitative estimate of drug-likeness (QED) is 0.468. The molecule has 39 heavy (non-hydrogen) atoms. The smallest absolute Gasteiger partial charge is 0.349 e. The van der Waals surface area contributed by atoms with Crippen LogP contribution in [-0.4, -0.2) is 73.0 Å². The fourth-order valence-corrected chi connectivity index (χ4v) is 12.0. The molecular formula is C27H48N4O6Si2. The van der Waals surface area contributed by atoms with Gasteiger partial charge in [-0.1, -0.05) is 62.3 Å². The minimum Gasteiger partial charge on any atom is -0.407 e. The van der Waals surface area contributed by atoms with Crippen LogP contribution in [0.4, 0.5) is 0 Å². The van der Waals surface area contributed by atoms with Crippen LogP contribution in [0.25, 0.3) is 11.2 Å². The number of aryl methyl sites for hydroxylation is 1. The van der Waals surface area contributed by atoms with Crippen LogP contribution in [0.15, 0.2) is 11.1 Å². The molecular weight excluding hydrogens is 532 g/mol. The van der Waals surface area contributed by atoms with Crippen LogP contribution in [0.1, 0.15) is 80.8 Å². The Morgan fingerprint density at radius 2 is 1.79 bits per heavy atom. The molecule has 2 saturated heterocycles. The molecule has 2 aliphatic rings. The molecule has 4 rings (SSSR count). The first kappa shape index (κ1) is 30.5. The van der Waals surface area contributed by atoms with E-state index in [1.165, 1.54) is 0 Å². The van der Waals surface area contributed by atoms with Crippen LogP contribution >= 0.6 is 0 Å². The second kappa shape index (κ2) is 10.1. The van der Waals surface area contributed by atoms with Gasteiger partial charge in [0, 0.05) is 23.1 Å². The van der Waals surface area contributed by atoms with Crippen LogP contribution in [0.5, 0.6) is 0 Å². The summed E-state index contributed by atoms with van der Waals surface area (Å²) in [5.74, 6) is 0.507. The Kier molecular flexibility index (Phi) is 7.94. The lowest BCUT2D eigenvalue weighted by atomic mass is 10.1. The van der Waals surface area contributed by atoms with Gasteiger partial charge in [0.1, 0.15) is 24.1 Å². The van der Waals surface area contributed by atoms with Crippen molar-refractivity contribution in [2.45, 2.75) is 128 Å². The second-order valence-electron chi connectivity index (χ2n) is 14.6. The predicted octanol–water partition coefficient (Wildman–Crippen LogP) is 4.79. The Bertz CT molecular complexity index is 1230. The number of hydrogen-bond donors (Lipinski definition) is 2. The Hall–Kier alpha value is -1.42. The third-order valence-corrected chi connectivity index (χ3v) is 18.2. The van der Waals surface area contributed by atoms with Crippen molar-refractivity contribution < 1.29 is 23.1 Å². The van der Waals surface area contributed by atoms with Gasteiger partial charge in [-0.3, -0.25) is 9.36 Å². The lowest BCUT2D eigenvalue weighted by molar-refractivity contribution is -0.0795. The van der Waals surface area contributed by atoms with E-state index in [9.17, 15) is 9.90 Å². The van der Waals surface area contributed by atoms with E-state index in [0.29, 0.717) is 30.9 Å². The maximum absolute atomic E-state index is 12.9. The molecule has 0 spiro atoms. The summed E-state index contributed by atoms with van der Waals surface area (Å²) in [6.07, 6.45) is 0.880. The third kappa shape index (κ3) is 5.33. The topological polar surface area (TPSA) is 121 Å². The first-order chi connectivity index (χ1) is 17.8. The van der Waals surface area contributed by atoms with Gasteiger partial charge in [-0.05, 0) is 24.6 Å². The highest BCUT2D eigenvalue weighted by atomic mass is 28.4. The second-order valence-corrected chi connectivity index (χ2v) is 24.1. The van der Waals surface area contributed by atoms with Crippen LogP contribution in [0.3, 0.4) is 0 Å². The molecule has 0 amide bonds. The summed E-state index contributed by atoms with van der Waals surface area (Å²) in [5, 5.41) is 8.88. The standard InChI is InChI=1S/C27H48N4O6Si2/c1-25(2,3)38(10,11)36-21-20-17(15-34-39(37-20,26(4,5)6)27(7,8)9)35-24(21)31-16-28-19-22(31)29-18(13-12-14-32)30-23(19)33/h16-17,20-21,24,32H,12-15H2,1-11H3,(H,29,30,33)/t17-,20-,21-,24-/m1/s1. The first-order valence-corrected chi connectivity index (χ1v) is 18.8. The third-order valence-electron chi connectivity index (χ3n) is 8.58. The minimum atomic E-state index is -2.80. The number of hydrogen-bond acceptors (Lipinski definition) is 8. The van der Waals surface area contributed by atoms with E-state index in [0.717, 1.165) is 0 Å². The number of nitrogens with one attached hydrogen (secondary N) is 1. The Balaban J connectivity index is 1.83. The zero-order chi connectivity index (χ0) is 29.2. The molecule has 220 valence electrons. The molecule has 0 aliphatic carbocycles. The summed E-state index contributed by atoms with van der Waals surface area (Å²) in [5.41, 5.74) is 0.378. The Morgan fingerprint density at radius 3 is 2.36 bits per heavy atom. The highest BCUT2D eigenvalue weighted by molar-refractivity contribution is 6.74. The largest absolute Gasteiger partial charge is 0.407 e. The molecule has 4 atom stereocenters. The maximum atomic E-state index is 12.9. The minimum absolute atomic E-state index is 0.0169. The SMILES string of the molecule is CC(C)(C)[Si](C)(C)O[C@@H]1[C@@H]2O[Si](C(C)(C)C)(C(C)(C)C)OC[C@H]2O[C@H]1n1cnc2c(=O)[nH]c(CCCO)nc21. The van der Waals surface area contributed by atoms with Crippen molar-refractivity contribution in [3.8, 4) is 0 Å². The molecule has 10 nitrogen and oxygen atoms in total. The summed E-state index contributed by atoms with van der Waals surface area (Å²) in [4.78, 5) is 24.8. The van der Waals surface area contributed by atoms with Crippen molar-refractivity contribution in [3.63, 3.8) is 0 Å². The van der Waals surface area contributed by atoms with Crippen molar-refractivity contribution in [1.29, 1.82) is 0 Å². The number of aliphatic hydroxyl groups excluding tert-OH is 1. The molecule has 4 heterocycles. The number of aromatic amines is 1. The molecule has 0 bridgehead atoms. The molecule has 2 aromatic rings. The molecule has 0 saturated carbocycles. The summed E-state index contributed by atoms with van der Waals surface area (Å²) in [6, 6.07) is 0. The molecule has 2 fully saturated rings. The molecule has 2 N–H and O–H groups in total. The molecule has 0 aromatic carbocycles. The van der Waals surface area contributed by atoms with Gasteiger partial charge in [0.2, 0.25) is 0 Å². The fraction of sp³-hybridized carbons (Fsp3) is 0.815. The predicted molar refractivity (Wildman–Crippen MR) is 156 cm³/mol. The van der Waals surface area contributed by atoms with Crippen LogP contribution in [0, 0.1) is 0 Å². The first-order valence-electron chi connectivity index (χ1n) is 14.0. The van der Waals surface area contributed by atoms with Crippen molar-refractivity contribution in [2.75, 3.05) is 13.2 Å². The Labute approximate surface area is 234 Å². The zero-order valence-corrected chi connectivity index (χ0v) is 27.5. The zero-order valence-electron chi connectivity index (χ0n) is 25.5. The lowest BCUT2D eigenvalue weighted by Crippen LogP contribution is -2.66. The van der Waals surface area contributed by atoms with Gasteiger partial charge in [-0.25, -0.2) is 9.97 Å². The number of H-pyrrole nitrogens is 1. The van der Waals surface area contributed by atoms with Gasteiger partial charge in [-0.15, -0.1) is 0 Å². The molecule has 2 aromatic heterocycles. The Morgan fingerprint density at radius 1 is 1.15 bits per heavy atom. The normalized spacial score (nSPS) is 26.3. The van der Waals surface area contributed by atoms with Crippen molar-refractivity contribution >= 4 is 28.0 Å². The van der Waals surface area contributed by atoms with Crippen LogP contribution < -0.4 is 5.56 Å². The van der Waals surface area contributed by atoms with Gasteiger partial charge >= 0.3 is 8.56 Å². The maximum Gasteiger partial charge on any atom is 0.349 e. The van der Waals surface area contributed by atoms with Gasteiger partial charge in [0.15, 0.2) is 25.7 Å². The number of aromatic nitrogens is 4. The number of aliphatic hydroxyl groups is 1. The summed E-state index contributed by atoms with van der Waals surface area (Å²) in [7, 11) is -5.08. The van der Waals surface area contributed by atoms with E-state index in [1.807, 2.05) is 4.57 Å². The van der Waals surface area contributed by atoms with E-state index < -0.39 is 29.2 Å². The average molecular weight is 581 g/mol. The van der Waals surface area contributed by atoms with E-state index in [2.05, 4.69) is 85.4 Å². The van der Waals surface area contributed by atoms with Gasteiger partial charge in [0.25, 0.3) is 5.56 Å². The van der Waals surface area contributed by atoms with Crippen LogP contribution in [-0.2, 0) is 24.4 Å². The number of ether oxygens (including phenoxy) is 1. The van der Waals surface area contributed by atoms with Gasteiger partial charge in [-0.2, -0.15) is 0 Å². The van der Waals surface area contributed by atoms with Gasteiger partial charge < -0.3 is 28.1 Å². The van der Waals surface area contributed by atoms with E-state index in [-0.39, 0.29) is 45.0 Å². The number of nitrogens with zero attached hydrogens (tertiary/aromatic N) is 3. The van der Waals surface area contributed by atoms with Crippen molar-refractivity contribution in [1.82, 2.24) is 19.5 Å². The van der Waals surface area contributed by atoms with Crippen molar-refractivity contribution in [3.05, 3.63) is 22.5 Å². The van der Waals surface area contributed by atoms with E-state index in [4.69, 9.17) is 23.0 Å². The van der Waals surface area contributed by atoms with Gasteiger partial charge in [0.05, 0.1) is 12.9 Å². The highest BCUT2D eigenvalue weighted by Gasteiger charge is 2.66. The lowest BCUT2D eigenvalue weighted by Gasteiger charge is -2.54. The summed E-state index contributed by atoms with van der Waals surface area (Å²) in [6.45, 7) is 24.8. The number of fused-ring (bicyclic) bond motifs is 2.